The Morgan fingerprint density at radius 2 is 1.09 bits per heavy atom. The molecule has 2 amide bonds. The first-order chi connectivity index (χ1) is 26.3. The zero-order valence-corrected chi connectivity index (χ0v) is 32.4. The summed E-state index contributed by atoms with van der Waals surface area (Å²) in [6, 6.07) is 19.1. The van der Waals surface area contributed by atoms with Crippen molar-refractivity contribution in [1.82, 2.24) is 4.90 Å². The van der Waals surface area contributed by atoms with Crippen molar-refractivity contribution in [3.8, 4) is 11.5 Å². The number of fused-ring (bicyclic) bond motifs is 1. The molecule has 4 N–H and O–H groups in total. The third-order valence-corrected chi connectivity index (χ3v) is 8.89. The molecule has 3 aromatic rings. The molecule has 0 spiro atoms. The number of nitrogens with two attached hydrogens (primary N) is 1. The Kier molecular flexibility index (Phi) is 21.5. The van der Waals surface area contributed by atoms with Crippen LogP contribution in [-0.2, 0) is 44.7 Å². The lowest BCUT2D eigenvalue weighted by atomic mass is 10.0. The third-order valence-electron chi connectivity index (χ3n) is 8.89. The van der Waals surface area contributed by atoms with Crippen LogP contribution in [0.15, 0.2) is 60.7 Å². The molecule has 0 atom stereocenters. The van der Waals surface area contributed by atoms with Crippen molar-refractivity contribution in [3.05, 3.63) is 94.0 Å². The molecule has 0 bridgehead atoms. The fraction of sp³-hybridized carbons (Fsp3) is 0.476. The van der Waals surface area contributed by atoms with Crippen LogP contribution in [0.5, 0.6) is 11.5 Å². The van der Waals surface area contributed by atoms with Crippen molar-refractivity contribution in [2.75, 3.05) is 40.5 Å². The van der Waals surface area contributed by atoms with E-state index in [4.69, 9.17) is 35.7 Å². The summed E-state index contributed by atoms with van der Waals surface area (Å²) in [6.45, 7) is 5.64. The number of amides is 2. The minimum Gasteiger partial charge on any atom is -0.496 e. The molecule has 0 aromatic heterocycles. The molecule has 0 unspecified atom stereocenters. The Morgan fingerprint density at radius 1 is 0.648 bits per heavy atom. The predicted octanol–water partition coefficient (Wildman–Crippen LogP) is 7.90. The van der Waals surface area contributed by atoms with Gasteiger partial charge in [-0.2, -0.15) is 0 Å². The number of aryl methyl sites for hydroxylation is 4. The smallest absolute Gasteiger partial charge is 0.306 e. The molecule has 12 heteroatoms. The van der Waals surface area contributed by atoms with E-state index in [-0.39, 0.29) is 25.2 Å². The highest BCUT2D eigenvalue weighted by Gasteiger charge is 2.34. The standard InChI is InChI=1S/C25H29NO5.C17H27NO3.H2N2.H2/c1-3-31-23(27)15-13-18-12-14-22(30-2)19(17-18)9-5-4-8-16-26-24(28)20-10-6-7-11-21(20)25(26)29;1-3-21-17(19)11-9-14-8-10-16(20-2)15(13-14)7-5-4-6-12-18;1-2;/h6-7,10-12,14,17H,3-5,8-9,13,15-16H2,1-2H3;8,10,13H,3-7,9,11-12,18H2,1-2H3;1-2H;1H. The van der Waals surface area contributed by atoms with Crippen molar-refractivity contribution in [3.63, 3.8) is 0 Å². The lowest BCUT2D eigenvalue weighted by Gasteiger charge is -2.14. The van der Waals surface area contributed by atoms with Crippen LogP contribution in [0.2, 0.25) is 0 Å². The number of carbonyl (C=O) groups excluding carboxylic acids is 4. The van der Waals surface area contributed by atoms with Gasteiger partial charge >= 0.3 is 11.9 Å². The van der Waals surface area contributed by atoms with Crippen molar-refractivity contribution >= 4 is 23.8 Å². The van der Waals surface area contributed by atoms with Gasteiger partial charge in [-0.3, -0.25) is 24.1 Å². The summed E-state index contributed by atoms with van der Waals surface area (Å²) >= 11 is 0. The number of methoxy groups -OCH3 is 2. The molecule has 0 fully saturated rings. The zero-order valence-electron chi connectivity index (χ0n) is 32.4. The molecule has 1 heterocycles. The van der Waals surface area contributed by atoms with Gasteiger partial charge < -0.3 is 24.7 Å². The summed E-state index contributed by atoms with van der Waals surface area (Å²) in [5.74, 6) is 1.03. The van der Waals surface area contributed by atoms with Crippen LogP contribution in [0.3, 0.4) is 0 Å². The van der Waals surface area contributed by atoms with Crippen molar-refractivity contribution in [1.29, 1.82) is 11.1 Å². The van der Waals surface area contributed by atoms with Gasteiger partial charge in [-0.05, 0) is 118 Å². The van der Waals surface area contributed by atoms with Gasteiger partial charge in [0.2, 0.25) is 0 Å². The molecule has 1 aliphatic heterocycles. The zero-order chi connectivity index (χ0) is 39.7. The number of esters is 2. The normalized spacial score (nSPS) is 11.5. The van der Waals surface area contributed by atoms with Crippen LogP contribution in [0.1, 0.15) is 110 Å². The number of rotatable bonds is 21. The Bertz CT molecular complexity index is 1600. The number of imide groups is 1. The Hall–Kier alpha value is -5.10. The van der Waals surface area contributed by atoms with E-state index in [1.165, 1.54) is 10.5 Å². The molecule has 0 aliphatic carbocycles. The average Bonchev–Trinajstić information content (AvgIpc) is 3.44. The van der Waals surface area contributed by atoms with Crippen LogP contribution >= 0.6 is 0 Å². The molecule has 0 radical (unpaired) electrons. The minimum atomic E-state index is -0.198. The second-order valence-electron chi connectivity index (χ2n) is 12.6. The topological polar surface area (TPSA) is 182 Å². The maximum Gasteiger partial charge on any atom is 0.306 e. The molecule has 4 rings (SSSR count). The number of hydrogen-bond donors (Lipinski definition) is 3. The maximum atomic E-state index is 12.4. The van der Waals surface area contributed by atoms with Crippen LogP contribution < -0.4 is 15.2 Å². The molecule has 1 aliphatic rings. The van der Waals surface area contributed by atoms with Crippen LogP contribution in [0.4, 0.5) is 0 Å². The molecular formula is C42H60N4O8. The molecule has 0 saturated carbocycles. The van der Waals surface area contributed by atoms with E-state index in [9.17, 15) is 19.2 Å². The summed E-state index contributed by atoms with van der Waals surface area (Å²) in [4.78, 5) is 49.2. The van der Waals surface area contributed by atoms with Gasteiger partial charge in [0.05, 0.1) is 38.6 Å². The first-order valence-corrected chi connectivity index (χ1v) is 18.8. The SMILES string of the molecule is CCOC(=O)CCc1ccc(OC)c(CCCCCN)c1.CCOC(=O)CCc1ccc(OC)c(CCCCCN2C(=O)c3ccccc3C2=O)c1.N=N.[HH]. The quantitative estimate of drug-likeness (QED) is 0.0422. The van der Waals surface area contributed by atoms with E-state index in [0.29, 0.717) is 56.6 Å². The minimum absolute atomic E-state index is 0. The Balaban J connectivity index is 0.000000553. The lowest BCUT2D eigenvalue weighted by Crippen LogP contribution is -2.30. The second-order valence-corrected chi connectivity index (χ2v) is 12.6. The van der Waals surface area contributed by atoms with E-state index < -0.39 is 0 Å². The largest absolute Gasteiger partial charge is 0.496 e. The van der Waals surface area contributed by atoms with Gasteiger partial charge in [0, 0.05) is 20.8 Å². The first-order valence-electron chi connectivity index (χ1n) is 18.8. The summed E-state index contributed by atoms with van der Waals surface area (Å²) in [5.41, 5.74) is 21.0. The molecule has 3 aromatic carbocycles. The van der Waals surface area contributed by atoms with Crippen molar-refractivity contribution in [2.24, 2.45) is 5.73 Å². The first kappa shape index (κ1) is 45.1. The summed E-state index contributed by atoms with van der Waals surface area (Å²) in [7, 11) is 3.34. The molecular weight excluding hydrogens is 688 g/mol. The highest BCUT2D eigenvalue weighted by molar-refractivity contribution is 6.21. The summed E-state index contributed by atoms with van der Waals surface area (Å²) < 4.78 is 20.8. The molecule has 54 heavy (non-hydrogen) atoms. The van der Waals surface area contributed by atoms with Crippen molar-refractivity contribution in [2.45, 2.75) is 90.9 Å². The van der Waals surface area contributed by atoms with E-state index in [1.54, 1.807) is 45.4 Å². The van der Waals surface area contributed by atoms with Crippen LogP contribution in [0.25, 0.3) is 0 Å². The number of ether oxygens (including phenoxy) is 4. The van der Waals surface area contributed by atoms with Gasteiger partial charge in [-0.15, -0.1) is 0 Å². The average molecular weight is 749 g/mol. The Morgan fingerprint density at radius 3 is 1.50 bits per heavy atom. The molecule has 0 saturated heterocycles. The fourth-order valence-electron chi connectivity index (χ4n) is 6.17. The second kappa shape index (κ2) is 25.8. The van der Waals surface area contributed by atoms with Gasteiger partial charge in [-0.1, -0.05) is 49.2 Å². The van der Waals surface area contributed by atoms with E-state index in [1.807, 2.05) is 31.2 Å². The third kappa shape index (κ3) is 14.7. The number of benzene rings is 3. The lowest BCUT2D eigenvalue weighted by molar-refractivity contribution is -0.144. The summed E-state index contributed by atoms with van der Waals surface area (Å²) in [5, 5.41) is 0. The maximum absolute atomic E-state index is 12.4. The molecule has 12 nitrogen and oxygen atoms in total. The van der Waals surface area contributed by atoms with Gasteiger partial charge in [0.15, 0.2) is 0 Å². The fourth-order valence-corrected chi connectivity index (χ4v) is 6.17. The van der Waals surface area contributed by atoms with E-state index in [0.717, 1.165) is 86.1 Å². The number of nitrogens with zero attached hydrogens (tertiary/aromatic N) is 1. The van der Waals surface area contributed by atoms with E-state index in [2.05, 4.69) is 12.1 Å². The van der Waals surface area contributed by atoms with Crippen molar-refractivity contribution < 1.29 is 39.6 Å². The van der Waals surface area contributed by atoms with Crippen LogP contribution in [0, 0.1) is 11.1 Å². The monoisotopic (exact) mass is 748 g/mol. The van der Waals surface area contributed by atoms with Crippen LogP contribution in [-0.4, -0.2) is 69.2 Å². The highest BCUT2D eigenvalue weighted by atomic mass is 16.5. The number of unbranched alkanes of at least 4 members (excludes halogenated alkanes) is 4. The van der Waals surface area contributed by atoms with Gasteiger partial charge in [0.1, 0.15) is 11.5 Å². The molecule has 296 valence electrons. The number of carbonyl (C=O) groups is 4. The van der Waals surface area contributed by atoms with E-state index >= 15 is 0 Å². The summed E-state index contributed by atoms with van der Waals surface area (Å²) in [6.07, 6.45) is 9.81. The van der Waals surface area contributed by atoms with Gasteiger partial charge in [-0.25, -0.2) is 11.1 Å². The predicted molar refractivity (Wildman–Crippen MR) is 209 cm³/mol. The number of hydrogen-bond acceptors (Lipinski definition) is 11. The van der Waals surface area contributed by atoms with Gasteiger partial charge in [0.25, 0.3) is 11.8 Å². The highest BCUT2D eigenvalue weighted by Crippen LogP contribution is 2.26. The Labute approximate surface area is 321 Å². The number of nitrogens with one attached hydrogen (secondary N) is 2.